The maximum Gasteiger partial charge on any atom is 0.246 e. The number of hydrogen-bond acceptors (Lipinski definition) is 3. The van der Waals surface area contributed by atoms with E-state index in [1.54, 1.807) is 13.2 Å². The summed E-state index contributed by atoms with van der Waals surface area (Å²) in [5, 5.41) is 6.22. The Balaban J connectivity index is 2.20. The first-order chi connectivity index (χ1) is 9.38. The number of nitrogens with two attached hydrogens (primary N) is 1. The van der Waals surface area contributed by atoms with E-state index in [1.807, 2.05) is 0 Å². The highest BCUT2D eigenvalue weighted by Crippen LogP contribution is 2.27. The van der Waals surface area contributed by atoms with E-state index in [-0.39, 0.29) is 10.2 Å². The van der Waals surface area contributed by atoms with Crippen LogP contribution in [0.4, 0.5) is 14.5 Å². The fourth-order valence-corrected chi connectivity index (χ4v) is 2.12. The average Bonchev–Trinajstić information content (AvgIpc) is 2.79. The van der Waals surface area contributed by atoms with Crippen LogP contribution in [0.2, 0.25) is 0 Å². The zero-order chi connectivity index (χ0) is 14.9. The van der Waals surface area contributed by atoms with Crippen molar-refractivity contribution in [1.82, 2.24) is 9.78 Å². The van der Waals surface area contributed by atoms with E-state index in [9.17, 15) is 13.6 Å². The third kappa shape index (κ3) is 3.02. The molecule has 0 saturated carbocycles. The number of nitrogens with zero attached hydrogens (tertiary/aromatic N) is 2. The number of carbonyl (C=O) groups is 1. The van der Waals surface area contributed by atoms with Gasteiger partial charge in [0.15, 0.2) is 5.82 Å². The SMILES string of the molecule is Cn1cc(C(N)C(=O)Nc2c(F)cc(F)cc2Br)cn1. The lowest BCUT2D eigenvalue weighted by molar-refractivity contribution is -0.117. The summed E-state index contributed by atoms with van der Waals surface area (Å²) in [4.78, 5) is 12.0. The zero-order valence-corrected chi connectivity index (χ0v) is 12.0. The van der Waals surface area contributed by atoms with Gasteiger partial charge in [-0.1, -0.05) is 0 Å². The second-order valence-corrected chi connectivity index (χ2v) is 5.01. The Hall–Kier alpha value is -1.80. The molecule has 3 N–H and O–H groups in total. The van der Waals surface area contributed by atoms with E-state index in [0.717, 1.165) is 6.07 Å². The fourth-order valence-electron chi connectivity index (χ4n) is 1.61. The Bertz CT molecular complexity index is 636. The molecule has 0 fully saturated rings. The topological polar surface area (TPSA) is 72.9 Å². The Morgan fingerprint density at radius 1 is 1.50 bits per heavy atom. The Morgan fingerprint density at radius 2 is 2.20 bits per heavy atom. The molecule has 2 aromatic rings. The fraction of sp³-hybridized carbons (Fsp3) is 0.167. The maximum atomic E-state index is 13.6. The Labute approximate surface area is 121 Å². The number of aromatic nitrogens is 2. The van der Waals surface area contributed by atoms with E-state index in [4.69, 9.17) is 5.73 Å². The molecule has 0 spiro atoms. The van der Waals surface area contributed by atoms with Crippen LogP contribution in [0.1, 0.15) is 11.6 Å². The molecule has 8 heteroatoms. The number of anilines is 1. The summed E-state index contributed by atoms with van der Waals surface area (Å²) in [6, 6.07) is 0.726. The molecule has 0 aliphatic carbocycles. The summed E-state index contributed by atoms with van der Waals surface area (Å²) in [7, 11) is 1.68. The summed E-state index contributed by atoms with van der Waals surface area (Å²) in [5.74, 6) is -2.25. The molecule has 1 aromatic heterocycles. The van der Waals surface area contributed by atoms with Gasteiger partial charge in [-0.2, -0.15) is 5.10 Å². The molecule has 5 nitrogen and oxygen atoms in total. The van der Waals surface area contributed by atoms with Gasteiger partial charge in [0.2, 0.25) is 5.91 Å². The van der Waals surface area contributed by atoms with Crippen LogP contribution in [0, 0.1) is 11.6 Å². The van der Waals surface area contributed by atoms with Gasteiger partial charge in [0.05, 0.1) is 11.9 Å². The molecule has 1 unspecified atom stereocenters. The maximum absolute atomic E-state index is 13.6. The van der Waals surface area contributed by atoms with Crippen molar-refractivity contribution < 1.29 is 13.6 Å². The predicted octanol–water partition coefficient (Wildman–Crippen LogP) is 2.10. The molecule has 0 aliphatic heterocycles. The van der Waals surface area contributed by atoms with Crippen LogP contribution < -0.4 is 11.1 Å². The standard InChI is InChI=1S/C12H11BrF2N4O/c1-19-5-6(4-17-19)10(16)12(20)18-11-8(13)2-7(14)3-9(11)15/h2-5,10H,16H2,1H3,(H,18,20). The van der Waals surface area contributed by atoms with Crippen molar-refractivity contribution >= 4 is 27.5 Å². The lowest BCUT2D eigenvalue weighted by Crippen LogP contribution is -2.28. The van der Waals surface area contributed by atoms with Crippen LogP contribution in [0.3, 0.4) is 0 Å². The summed E-state index contributed by atoms with van der Waals surface area (Å²) in [6.45, 7) is 0. The minimum atomic E-state index is -1.000. The second kappa shape index (κ2) is 5.68. The van der Waals surface area contributed by atoms with Gasteiger partial charge in [-0.15, -0.1) is 0 Å². The van der Waals surface area contributed by atoms with E-state index in [2.05, 4.69) is 26.3 Å². The van der Waals surface area contributed by atoms with Crippen molar-refractivity contribution in [2.75, 3.05) is 5.32 Å². The van der Waals surface area contributed by atoms with Crippen molar-refractivity contribution in [3.8, 4) is 0 Å². The van der Waals surface area contributed by atoms with Gasteiger partial charge in [0.25, 0.3) is 0 Å². The highest BCUT2D eigenvalue weighted by atomic mass is 79.9. The normalized spacial score (nSPS) is 12.2. The predicted molar refractivity (Wildman–Crippen MR) is 72.8 cm³/mol. The van der Waals surface area contributed by atoms with Gasteiger partial charge in [-0.3, -0.25) is 9.48 Å². The van der Waals surface area contributed by atoms with Gasteiger partial charge in [-0.25, -0.2) is 8.78 Å². The first-order valence-electron chi connectivity index (χ1n) is 5.58. The Morgan fingerprint density at radius 3 is 2.75 bits per heavy atom. The van der Waals surface area contributed by atoms with Crippen LogP contribution in [0.25, 0.3) is 0 Å². The van der Waals surface area contributed by atoms with Crippen LogP contribution in [0.5, 0.6) is 0 Å². The first-order valence-corrected chi connectivity index (χ1v) is 6.37. The van der Waals surface area contributed by atoms with Gasteiger partial charge >= 0.3 is 0 Å². The van der Waals surface area contributed by atoms with Crippen molar-refractivity contribution in [2.24, 2.45) is 12.8 Å². The minimum Gasteiger partial charge on any atom is -0.321 e. The lowest BCUT2D eigenvalue weighted by Gasteiger charge is -2.12. The average molecular weight is 345 g/mol. The molecule has 1 atom stereocenters. The third-order valence-electron chi connectivity index (χ3n) is 2.62. The second-order valence-electron chi connectivity index (χ2n) is 4.16. The van der Waals surface area contributed by atoms with Gasteiger partial charge < -0.3 is 11.1 Å². The molecule has 0 bridgehead atoms. The molecule has 1 aromatic carbocycles. The van der Waals surface area contributed by atoms with Gasteiger partial charge in [0.1, 0.15) is 11.9 Å². The van der Waals surface area contributed by atoms with Crippen LogP contribution in [0.15, 0.2) is 29.0 Å². The van der Waals surface area contributed by atoms with Crippen LogP contribution in [-0.4, -0.2) is 15.7 Å². The lowest BCUT2D eigenvalue weighted by atomic mass is 10.1. The van der Waals surface area contributed by atoms with E-state index in [1.165, 1.54) is 10.9 Å². The minimum absolute atomic E-state index is 0.0988. The third-order valence-corrected chi connectivity index (χ3v) is 3.25. The van der Waals surface area contributed by atoms with E-state index in [0.29, 0.717) is 11.6 Å². The van der Waals surface area contributed by atoms with Crippen molar-refractivity contribution in [3.05, 3.63) is 46.2 Å². The number of rotatable bonds is 3. The largest absolute Gasteiger partial charge is 0.321 e. The summed E-state index contributed by atoms with van der Waals surface area (Å²) in [6.07, 6.45) is 3.03. The van der Waals surface area contributed by atoms with E-state index >= 15 is 0 Å². The summed E-state index contributed by atoms with van der Waals surface area (Å²) >= 11 is 2.98. The van der Waals surface area contributed by atoms with Crippen LogP contribution in [-0.2, 0) is 11.8 Å². The van der Waals surface area contributed by atoms with Crippen molar-refractivity contribution in [2.45, 2.75) is 6.04 Å². The Kier molecular flexibility index (Phi) is 4.15. The molecule has 1 heterocycles. The molecule has 0 radical (unpaired) electrons. The van der Waals surface area contributed by atoms with Crippen LogP contribution >= 0.6 is 15.9 Å². The van der Waals surface area contributed by atoms with Gasteiger partial charge in [0, 0.05) is 29.3 Å². The number of carbonyl (C=O) groups excluding carboxylic acids is 1. The van der Waals surface area contributed by atoms with Gasteiger partial charge in [-0.05, 0) is 22.0 Å². The molecule has 1 amide bonds. The number of nitrogens with one attached hydrogen (secondary N) is 1. The molecule has 0 saturated heterocycles. The molecule has 0 aliphatic rings. The first kappa shape index (κ1) is 14.6. The van der Waals surface area contributed by atoms with E-state index < -0.39 is 23.6 Å². The smallest absolute Gasteiger partial charge is 0.246 e. The number of halogens is 3. The monoisotopic (exact) mass is 344 g/mol. The number of benzene rings is 1. The zero-order valence-electron chi connectivity index (χ0n) is 10.4. The van der Waals surface area contributed by atoms with Crippen molar-refractivity contribution in [1.29, 1.82) is 0 Å². The quantitative estimate of drug-likeness (QED) is 0.895. The summed E-state index contributed by atoms with van der Waals surface area (Å²) in [5.41, 5.74) is 6.09. The molecule has 2 rings (SSSR count). The number of hydrogen-bond donors (Lipinski definition) is 2. The number of amides is 1. The number of aryl methyl sites for hydroxylation is 1. The molecule has 106 valence electrons. The molecular weight excluding hydrogens is 334 g/mol. The van der Waals surface area contributed by atoms with Crippen molar-refractivity contribution in [3.63, 3.8) is 0 Å². The molecule has 20 heavy (non-hydrogen) atoms. The summed E-state index contributed by atoms with van der Waals surface area (Å²) < 4.78 is 28.1. The highest BCUT2D eigenvalue weighted by Gasteiger charge is 2.20. The highest BCUT2D eigenvalue weighted by molar-refractivity contribution is 9.10. The molecular formula is C12H11BrF2N4O.